The van der Waals surface area contributed by atoms with Crippen LogP contribution in [0.1, 0.15) is 34.5 Å². The molecule has 0 fully saturated rings. The number of nitrogens with zero attached hydrogens (tertiary/aromatic N) is 1. The van der Waals surface area contributed by atoms with Crippen molar-refractivity contribution >= 4 is 11.3 Å². The smallest absolute Gasteiger partial charge is 0.0413 e. The Hall–Kier alpha value is -1.16. The van der Waals surface area contributed by atoms with E-state index < -0.39 is 0 Å². The van der Waals surface area contributed by atoms with Gasteiger partial charge in [-0.05, 0) is 55.1 Å². The van der Waals surface area contributed by atoms with E-state index in [1.54, 1.807) is 5.56 Å². The van der Waals surface area contributed by atoms with Crippen molar-refractivity contribution in [2.75, 3.05) is 13.6 Å². The van der Waals surface area contributed by atoms with Gasteiger partial charge in [0.15, 0.2) is 0 Å². The monoisotopic (exact) mass is 286 g/mol. The lowest BCUT2D eigenvalue weighted by molar-refractivity contribution is 0.255. The van der Waals surface area contributed by atoms with Crippen LogP contribution in [0, 0.1) is 0 Å². The summed E-state index contributed by atoms with van der Waals surface area (Å²) in [5, 5.41) is 5.62. The molecule has 0 radical (unpaired) electrons. The molecule has 1 aliphatic rings. The zero-order chi connectivity index (χ0) is 13.9. The zero-order valence-corrected chi connectivity index (χ0v) is 13.0. The van der Waals surface area contributed by atoms with Gasteiger partial charge in [-0.2, -0.15) is 0 Å². The van der Waals surface area contributed by atoms with Gasteiger partial charge in [-0.1, -0.05) is 24.3 Å². The molecule has 1 unspecified atom stereocenters. The quantitative estimate of drug-likeness (QED) is 0.924. The van der Waals surface area contributed by atoms with E-state index >= 15 is 0 Å². The van der Waals surface area contributed by atoms with E-state index in [-0.39, 0.29) is 0 Å². The van der Waals surface area contributed by atoms with Crippen molar-refractivity contribution in [3.05, 3.63) is 57.3 Å². The van der Waals surface area contributed by atoms with Crippen LogP contribution in [0.15, 0.2) is 35.7 Å². The Bertz CT molecular complexity index is 562. The van der Waals surface area contributed by atoms with Crippen LogP contribution in [0.25, 0.3) is 0 Å². The van der Waals surface area contributed by atoms with Gasteiger partial charge < -0.3 is 5.32 Å². The minimum Gasteiger partial charge on any atom is -0.312 e. The number of fused-ring (bicyclic) bond motifs is 1. The molecule has 0 bridgehead atoms. The van der Waals surface area contributed by atoms with Gasteiger partial charge in [0, 0.05) is 24.0 Å². The van der Waals surface area contributed by atoms with Gasteiger partial charge in [0.2, 0.25) is 0 Å². The largest absolute Gasteiger partial charge is 0.312 e. The number of rotatable bonds is 4. The molecule has 0 saturated heterocycles. The normalized spacial score (nSPS) is 16.1. The maximum Gasteiger partial charge on any atom is 0.0413 e. The third-order valence-electron chi connectivity index (χ3n) is 4.27. The molecule has 0 aliphatic carbocycles. The van der Waals surface area contributed by atoms with E-state index in [1.165, 1.54) is 16.0 Å². The molecule has 1 atom stereocenters. The fourth-order valence-electron chi connectivity index (χ4n) is 2.91. The van der Waals surface area contributed by atoms with Crippen LogP contribution < -0.4 is 5.32 Å². The van der Waals surface area contributed by atoms with E-state index in [1.807, 2.05) is 11.3 Å². The highest BCUT2D eigenvalue weighted by Crippen LogP contribution is 2.26. The van der Waals surface area contributed by atoms with Crippen LogP contribution in [0.4, 0.5) is 0 Å². The van der Waals surface area contributed by atoms with Gasteiger partial charge in [-0.15, -0.1) is 11.3 Å². The molecule has 1 N–H and O–H groups in total. The molecule has 2 heterocycles. The molecular weight excluding hydrogens is 264 g/mol. The van der Waals surface area contributed by atoms with Crippen LogP contribution in [0.5, 0.6) is 0 Å². The van der Waals surface area contributed by atoms with E-state index in [2.05, 4.69) is 59.9 Å². The first kappa shape index (κ1) is 13.8. The molecule has 20 heavy (non-hydrogen) atoms. The maximum atomic E-state index is 3.45. The molecule has 0 saturated carbocycles. The van der Waals surface area contributed by atoms with E-state index in [0.29, 0.717) is 6.04 Å². The van der Waals surface area contributed by atoms with Crippen LogP contribution >= 0.6 is 11.3 Å². The Kier molecular flexibility index (Phi) is 4.20. The fourth-order valence-corrected chi connectivity index (χ4v) is 3.76. The van der Waals surface area contributed by atoms with Crippen molar-refractivity contribution in [1.82, 2.24) is 10.2 Å². The molecular formula is C17H22N2S. The SMILES string of the molecule is CC(c1cccs1)N(C)Cc1cccc2c1CCNC2. The van der Waals surface area contributed by atoms with Crippen molar-refractivity contribution in [2.24, 2.45) is 0 Å². The number of nitrogens with one attached hydrogen (secondary N) is 1. The predicted molar refractivity (Wildman–Crippen MR) is 86.1 cm³/mol. The van der Waals surface area contributed by atoms with Gasteiger partial charge in [0.1, 0.15) is 0 Å². The van der Waals surface area contributed by atoms with E-state index in [0.717, 1.165) is 26.1 Å². The molecule has 1 aromatic heterocycles. The topological polar surface area (TPSA) is 15.3 Å². The van der Waals surface area contributed by atoms with Gasteiger partial charge in [0.05, 0.1) is 0 Å². The third kappa shape index (κ3) is 2.80. The summed E-state index contributed by atoms with van der Waals surface area (Å²) in [7, 11) is 2.23. The zero-order valence-electron chi connectivity index (χ0n) is 12.2. The minimum atomic E-state index is 0.479. The lowest BCUT2D eigenvalue weighted by Gasteiger charge is -2.27. The van der Waals surface area contributed by atoms with Gasteiger partial charge >= 0.3 is 0 Å². The number of thiophene rings is 1. The van der Waals surface area contributed by atoms with Crippen LogP contribution in [0.2, 0.25) is 0 Å². The second kappa shape index (κ2) is 6.08. The summed E-state index contributed by atoms with van der Waals surface area (Å²) in [6.07, 6.45) is 1.16. The summed E-state index contributed by atoms with van der Waals surface area (Å²) in [5.74, 6) is 0. The highest BCUT2D eigenvalue weighted by molar-refractivity contribution is 7.10. The summed E-state index contributed by atoms with van der Waals surface area (Å²) in [6.45, 7) is 5.45. The predicted octanol–water partition coefficient (Wildman–Crippen LogP) is 3.59. The van der Waals surface area contributed by atoms with Crippen molar-refractivity contribution in [1.29, 1.82) is 0 Å². The van der Waals surface area contributed by atoms with Crippen LogP contribution in [-0.4, -0.2) is 18.5 Å². The first-order chi connectivity index (χ1) is 9.75. The Morgan fingerprint density at radius 2 is 2.20 bits per heavy atom. The molecule has 0 spiro atoms. The molecule has 3 rings (SSSR count). The highest BCUT2D eigenvalue weighted by atomic mass is 32.1. The molecule has 2 aromatic rings. The second-order valence-corrected chi connectivity index (χ2v) is 6.57. The average Bonchev–Trinajstić information content (AvgIpc) is 3.01. The Morgan fingerprint density at radius 1 is 1.30 bits per heavy atom. The minimum absolute atomic E-state index is 0.479. The van der Waals surface area contributed by atoms with Gasteiger partial charge in [-0.25, -0.2) is 0 Å². The number of hydrogen-bond acceptors (Lipinski definition) is 3. The summed E-state index contributed by atoms with van der Waals surface area (Å²) in [4.78, 5) is 3.89. The molecule has 1 aromatic carbocycles. The first-order valence-electron chi connectivity index (χ1n) is 7.29. The third-order valence-corrected chi connectivity index (χ3v) is 5.32. The maximum absolute atomic E-state index is 3.45. The molecule has 0 amide bonds. The second-order valence-electron chi connectivity index (χ2n) is 5.59. The average molecular weight is 286 g/mol. The standard InChI is InChI=1S/C17H22N2S/c1-13(17-7-4-10-20-17)19(2)12-15-6-3-5-14-11-18-9-8-16(14)15/h3-7,10,13,18H,8-9,11-12H2,1-2H3. The summed E-state index contributed by atoms with van der Waals surface area (Å²) < 4.78 is 0. The Morgan fingerprint density at radius 3 is 3.00 bits per heavy atom. The van der Waals surface area contributed by atoms with Crippen molar-refractivity contribution in [3.63, 3.8) is 0 Å². The van der Waals surface area contributed by atoms with Crippen molar-refractivity contribution < 1.29 is 0 Å². The van der Waals surface area contributed by atoms with Gasteiger partial charge in [-0.3, -0.25) is 4.90 Å². The highest BCUT2D eigenvalue weighted by Gasteiger charge is 2.17. The molecule has 106 valence electrons. The molecule has 2 nitrogen and oxygen atoms in total. The summed E-state index contributed by atoms with van der Waals surface area (Å²) >= 11 is 1.85. The lowest BCUT2D eigenvalue weighted by atomic mass is 9.95. The summed E-state index contributed by atoms with van der Waals surface area (Å²) in [6, 6.07) is 11.6. The fraction of sp³-hybridized carbons (Fsp3) is 0.412. The number of benzene rings is 1. The van der Waals surface area contributed by atoms with E-state index in [9.17, 15) is 0 Å². The molecule has 3 heteroatoms. The number of hydrogen-bond donors (Lipinski definition) is 1. The summed E-state index contributed by atoms with van der Waals surface area (Å²) in [5.41, 5.74) is 4.54. The van der Waals surface area contributed by atoms with E-state index in [4.69, 9.17) is 0 Å². The molecule has 1 aliphatic heterocycles. The van der Waals surface area contributed by atoms with Crippen molar-refractivity contribution in [2.45, 2.75) is 32.5 Å². The first-order valence-corrected chi connectivity index (χ1v) is 8.17. The Balaban J connectivity index is 1.77. The van der Waals surface area contributed by atoms with Crippen molar-refractivity contribution in [3.8, 4) is 0 Å². The Labute approximate surface area is 125 Å². The van der Waals surface area contributed by atoms with Crippen LogP contribution in [-0.2, 0) is 19.5 Å². The lowest BCUT2D eigenvalue weighted by Crippen LogP contribution is -2.27. The van der Waals surface area contributed by atoms with Gasteiger partial charge in [0.25, 0.3) is 0 Å². The van der Waals surface area contributed by atoms with Crippen LogP contribution in [0.3, 0.4) is 0 Å².